The largest absolute Gasteiger partial charge is 0.403 e. The second kappa shape index (κ2) is 6.07. The number of hydrogen-bond donors (Lipinski definition) is 1. The third kappa shape index (κ3) is 3.00. The third-order valence-electron chi connectivity index (χ3n) is 4.88. The van der Waals surface area contributed by atoms with Gasteiger partial charge in [-0.1, -0.05) is 29.3 Å². The second-order valence-corrected chi connectivity index (χ2v) is 7.34. The van der Waals surface area contributed by atoms with Gasteiger partial charge in [0, 0.05) is 19.1 Å². The summed E-state index contributed by atoms with van der Waals surface area (Å²) < 4.78 is 39.8. The van der Waals surface area contributed by atoms with Crippen LogP contribution < -0.4 is 5.32 Å². The van der Waals surface area contributed by atoms with E-state index in [-0.39, 0.29) is 31.5 Å². The van der Waals surface area contributed by atoms with Crippen LogP contribution in [-0.4, -0.2) is 36.1 Å². The van der Waals surface area contributed by atoms with Crippen LogP contribution in [0.1, 0.15) is 31.4 Å². The first-order chi connectivity index (χ1) is 11.2. The number of carbonyl (C=O) groups is 1. The molecule has 132 valence electrons. The molecule has 0 aromatic heterocycles. The summed E-state index contributed by atoms with van der Waals surface area (Å²) >= 11 is 11.9. The number of benzene rings is 1. The number of halogens is 5. The smallest absolute Gasteiger partial charge is 0.336 e. The highest BCUT2D eigenvalue weighted by molar-refractivity contribution is 6.42. The van der Waals surface area contributed by atoms with Crippen LogP contribution in [-0.2, 0) is 4.79 Å². The minimum atomic E-state index is -4.49. The van der Waals surface area contributed by atoms with Crippen molar-refractivity contribution in [3.05, 3.63) is 33.8 Å². The number of piperazine rings is 1. The molecule has 2 atom stereocenters. The van der Waals surface area contributed by atoms with Gasteiger partial charge < -0.3 is 10.2 Å². The van der Waals surface area contributed by atoms with E-state index < -0.39 is 17.5 Å². The molecule has 3 rings (SSSR count). The van der Waals surface area contributed by atoms with E-state index in [9.17, 15) is 18.0 Å². The molecule has 1 aromatic rings. The van der Waals surface area contributed by atoms with Gasteiger partial charge in [0.15, 0.2) is 0 Å². The molecule has 1 aromatic carbocycles. The third-order valence-corrected chi connectivity index (χ3v) is 5.62. The Balaban J connectivity index is 1.81. The lowest BCUT2D eigenvalue weighted by atomic mass is 9.98. The standard InChI is InChI=1S/C16H17Cl2F3N2O/c1-9-7-22-13(10-2-3-11(17)12(18)6-10)8-23(9)14(24)15(4-5-15)16(19,20)21/h2-3,6,9,13,22H,4-5,7-8H2,1H3/t9-,13-/m1/s1. The van der Waals surface area contributed by atoms with Crippen molar-refractivity contribution < 1.29 is 18.0 Å². The molecule has 2 fully saturated rings. The average molecular weight is 381 g/mol. The maximum absolute atomic E-state index is 13.3. The average Bonchev–Trinajstić information content (AvgIpc) is 3.31. The number of rotatable bonds is 2. The lowest BCUT2D eigenvalue weighted by Crippen LogP contribution is -2.57. The van der Waals surface area contributed by atoms with Gasteiger partial charge in [0.2, 0.25) is 5.91 Å². The van der Waals surface area contributed by atoms with E-state index in [1.165, 1.54) is 4.90 Å². The highest BCUT2D eigenvalue weighted by Crippen LogP contribution is 2.59. The van der Waals surface area contributed by atoms with Gasteiger partial charge in [-0.25, -0.2) is 0 Å². The van der Waals surface area contributed by atoms with Gasteiger partial charge in [0.05, 0.1) is 16.1 Å². The summed E-state index contributed by atoms with van der Waals surface area (Å²) in [6.07, 6.45) is -4.74. The van der Waals surface area contributed by atoms with Crippen LogP contribution >= 0.6 is 23.2 Å². The Bertz CT molecular complexity index is 661. The SMILES string of the molecule is C[C@@H]1CN[C@@H](c2ccc(Cl)c(Cl)c2)CN1C(=O)C1(C(F)(F)F)CC1. The molecule has 1 aliphatic carbocycles. The molecule has 8 heteroatoms. The molecule has 1 saturated heterocycles. The monoisotopic (exact) mass is 380 g/mol. The van der Waals surface area contributed by atoms with E-state index in [0.29, 0.717) is 16.6 Å². The van der Waals surface area contributed by atoms with Crippen molar-refractivity contribution in [2.75, 3.05) is 13.1 Å². The van der Waals surface area contributed by atoms with Gasteiger partial charge in [0.25, 0.3) is 0 Å². The summed E-state index contributed by atoms with van der Waals surface area (Å²) in [7, 11) is 0. The van der Waals surface area contributed by atoms with Crippen molar-refractivity contribution in [2.45, 2.75) is 38.0 Å². The topological polar surface area (TPSA) is 32.3 Å². The van der Waals surface area contributed by atoms with Crippen molar-refractivity contribution in [3.63, 3.8) is 0 Å². The lowest BCUT2D eigenvalue weighted by molar-refractivity contribution is -0.200. The van der Waals surface area contributed by atoms with Crippen molar-refractivity contribution >= 4 is 29.1 Å². The predicted molar refractivity (Wildman–Crippen MR) is 86.1 cm³/mol. The number of amides is 1. The summed E-state index contributed by atoms with van der Waals surface area (Å²) in [6, 6.07) is 4.52. The molecule has 1 N–H and O–H groups in total. The van der Waals surface area contributed by atoms with Crippen LogP contribution in [0.4, 0.5) is 13.2 Å². The number of carbonyl (C=O) groups excluding carboxylic acids is 1. The Morgan fingerprint density at radius 2 is 1.96 bits per heavy atom. The predicted octanol–water partition coefficient (Wildman–Crippen LogP) is 4.20. The summed E-state index contributed by atoms with van der Waals surface area (Å²) in [5, 5.41) is 4.04. The Hall–Kier alpha value is -0.980. The van der Waals surface area contributed by atoms with Gasteiger partial charge >= 0.3 is 6.18 Å². The van der Waals surface area contributed by atoms with Crippen molar-refractivity contribution in [3.8, 4) is 0 Å². The van der Waals surface area contributed by atoms with E-state index in [4.69, 9.17) is 23.2 Å². The number of hydrogen-bond acceptors (Lipinski definition) is 2. The van der Waals surface area contributed by atoms with E-state index in [2.05, 4.69) is 5.32 Å². The van der Waals surface area contributed by atoms with Crippen LogP contribution in [0.3, 0.4) is 0 Å². The summed E-state index contributed by atoms with van der Waals surface area (Å²) in [5.41, 5.74) is -1.38. The minimum absolute atomic E-state index is 0.122. The molecule has 0 radical (unpaired) electrons. The highest BCUT2D eigenvalue weighted by Gasteiger charge is 2.69. The van der Waals surface area contributed by atoms with Gasteiger partial charge in [-0.05, 0) is 37.5 Å². The Labute approximate surface area is 148 Å². The van der Waals surface area contributed by atoms with Crippen molar-refractivity contribution in [1.29, 1.82) is 0 Å². The normalized spacial score (nSPS) is 26.3. The molecule has 24 heavy (non-hydrogen) atoms. The van der Waals surface area contributed by atoms with Crippen LogP contribution in [0, 0.1) is 5.41 Å². The molecule has 0 unspecified atom stereocenters. The van der Waals surface area contributed by atoms with Crippen LogP contribution in [0.5, 0.6) is 0 Å². The molecule has 2 aliphatic rings. The summed E-state index contributed by atoms with van der Waals surface area (Å²) in [6.45, 7) is 2.35. The Kier molecular flexibility index (Phi) is 4.51. The van der Waals surface area contributed by atoms with Gasteiger partial charge in [-0.2, -0.15) is 13.2 Å². The Morgan fingerprint density at radius 1 is 1.29 bits per heavy atom. The van der Waals surface area contributed by atoms with Gasteiger partial charge in [-0.15, -0.1) is 0 Å². The fourth-order valence-corrected chi connectivity index (χ4v) is 3.42. The summed E-state index contributed by atoms with van der Waals surface area (Å²) in [5.74, 6) is -0.811. The number of nitrogens with one attached hydrogen (secondary N) is 1. The fourth-order valence-electron chi connectivity index (χ4n) is 3.12. The van der Waals surface area contributed by atoms with Crippen LogP contribution in [0.15, 0.2) is 18.2 Å². The fraction of sp³-hybridized carbons (Fsp3) is 0.562. The molecule has 0 spiro atoms. The second-order valence-electron chi connectivity index (χ2n) is 6.52. The molecule has 1 saturated carbocycles. The van der Waals surface area contributed by atoms with Gasteiger partial charge in [0.1, 0.15) is 5.41 Å². The zero-order valence-electron chi connectivity index (χ0n) is 13.0. The van der Waals surface area contributed by atoms with Gasteiger partial charge in [-0.3, -0.25) is 4.79 Å². The maximum Gasteiger partial charge on any atom is 0.403 e. The summed E-state index contributed by atoms with van der Waals surface area (Å²) in [4.78, 5) is 13.9. The number of alkyl halides is 3. The van der Waals surface area contributed by atoms with E-state index in [0.717, 1.165) is 5.56 Å². The maximum atomic E-state index is 13.3. The van der Waals surface area contributed by atoms with E-state index in [1.807, 2.05) is 0 Å². The quantitative estimate of drug-likeness (QED) is 0.833. The molecule has 1 heterocycles. The van der Waals surface area contributed by atoms with Crippen molar-refractivity contribution in [2.24, 2.45) is 5.41 Å². The molecule has 1 amide bonds. The lowest BCUT2D eigenvalue weighted by Gasteiger charge is -2.41. The molecule has 3 nitrogen and oxygen atoms in total. The molecular formula is C16H17Cl2F3N2O. The highest BCUT2D eigenvalue weighted by atomic mass is 35.5. The first kappa shape index (κ1) is 17.8. The number of nitrogens with zero attached hydrogens (tertiary/aromatic N) is 1. The zero-order valence-corrected chi connectivity index (χ0v) is 14.5. The van der Waals surface area contributed by atoms with E-state index in [1.54, 1.807) is 25.1 Å². The Morgan fingerprint density at radius 3 is 2.50 bits per heavy atom. The van der Waals surface area contributed by atoms with Crippen molar-refractivity contribution in [1.82, 2.24) is 10.2 Å². The first-order valence-corrected chi connectivity index (χ1v) is 8.47. The molecule has 0 bridgehead atoms. The van der Waals surface area contributed by atoms with E-state index >= 15 is 0 Å². The van der Waals surface area contributed by atoms with Crippen LogP contribution in [0.2, 0.25) is 10.0 Å². The minimum Gasteiger partial charge on any atom is -0.336 e. The molecule has 1 aliphatic heterocycles. The zero-order chi connectivity index (χ0) is 17.7. The first-order valence-electron chi connectivity index (χ1n) is 7.72. The van der Waals surface area contributed by atoms with Crippen LogP contribution in [0.25, 0.3) is 0 Å². The molecular weight excluding hydrogens is 364 g/mol.